The van der Waals surface area contributed by atoms with E-state index in [1.165, 1.54) is 36.1 Å². The van der Waals surface area contributed by atoms with Crippen LogP contribution in [0.15, 0.2) is 11.4 Å². The van der Waals surface area contributed by atoms with Crippen molar-refractivity contribution in [2.45, 2.75) is 45.3 Å². The molecule has 2 heterocycles. The van der Waals surface area contributed by atoms with Crippen LogP contribution in [0.25, 0.3) is 0 Å². The summed E-state index contributed by atoms with van der Waals surface area (Å²) in [7, 11) is 0. The van der Waals surface area contributed by atoms with E-state index in [-0.39, 0.29) is 0 Å². The second-order valence-corrected chi connectivity index (χ2v) is 5.48. The number of rotatable bonds is 6. The fraction of sp³-hybridized carbons (Fsp3) is 0.692. The Balaban J connectivity index is 1.53. The van der Waals surface area contributed by atoms with Gasteiger partial charge < -0.3 is 10.1 Å². The molecule has 1 N–H and O–H groups in total. The van der Waals surface area contributed by atoms with Crippen molar-refractivity contribution in [3.63, 3.8) is 0 Å². The molecule has 2 nitrogen and oxygen atoms in total. The van der Waals surface area contributed by atoms with E-state index < -0.39 is 0 Å². The SMILES string of the molecule is Cc1ccsc1CNCCCC1CCCO1. The van der Waals surface area contributed by atoms with Gasteiger partial charge in [0.2, 0.25) is 0 Å². The highest BCUT2D eigenvalue weighted by Gasteiger charge is 2.14. The van der Waals surface area contributed by atoms with Gasteiger partial charge >= 0.3 is 0 Å². The molecular formula is C13H21NOS. The molecule has 0 spiro atoms. The van der Waals surface area contributed by atoms with Crippen LogP contribution in [-0.2, 0) is 11.3 Å². The maximum atomic E-state index is 5.60. The lowest BCUT2D eigenvalue weighted by Crippen LogP contribution is -2.16. The van der Waals surface area contributed by atoms with E-state index in [9.17, 15) is 0 Å². The normalized spacial score (nSPS) is 20.4. The van der Waals surface area contributed by atoms with E-state index in [0.717, 1.165) is 19.7 Å². The van der Waals surface area contributed by atoms with E-state index in [1.54, 1.807) is 0 Å². The second-order valence-electron chi connectivity index (χ2n) is 4.48. The Labute approximate surface area is 102 Å². The summed E-state index contributed by atoms with van der Waals surface area (Å²) in [4.78, 5) is 1.47. The zero-order valence-corrected chi connectivity index (χ0v) is 10.8. The van der Waals surface area contributed by atoms with Gasteiger partial charge in [0.25, 0.3) is 0 Å². The molecule has 16 heavy (non-hydrogen) atoms. The highest BCUT2D eigenvalue weighted by Crippen LogP contribution is 2.17. The van der Waals surface area contributed by atoms with E-state index in [4.69, 9.17) is 4.74 Å². The highest BCUT2D eigenvalue weighted by molar-refractivity contribution is 7.10. The third-order valence-electron chi connectivity index (χ3n) is 3.16. The Morgan fingerprint density at radius 1 is 1.56 bits per heavy atom. The number of ether oxygens (including phenoxy) is 1. The second kappa shape index (κ2) is 6.38. The van der Waals surface area contributed by atoms with Crippen molar-refractivity contribution in [3.8, 4) is 0 Å². The smallest absolute Gasteiger partial charge is 0.0576 e. The minimum absolute atomic E-state index is 0.547. The summed E-state index contributed by atoms with van der Waals surface area (Å²) < 4.78 is 5.60. The number of aryl methyl sites for hydroxylation is 1. The standard InChI is InChI=1S/C13H21NOS/c1-11-6-9-16-13(11)10-14-7-2-4-12-5-3-8-15-12/h6,9,12,14H,2-5,7-8,10H2,1H3. The Morgan fingerprint density at radius 3 is 3.19 bits per heavy atom. The monoisotopic (exact) mass is 239 g/mol. The third kappa shape index (κ3) is 3.58. The molecule has 1 fully saturated rings. The molecule has 0 amide bonds. The molecule has 0 radical (unpaired) electrons. The summed E-state index contributed by atoms with van der Waals surface area (Å²) in [6.45, 7) is 5.29. The largest absolute Gasteiger partial charge is 0.378 e. The van der Waals surface area contributed by atoms with Gasteiger partial charge in [0.15, 0.2) is 0 Å². The molecule has 3 heteroatoms. The first-order chi connectivity index (χ1) is 7.86. The Kier molecular flexibility index (Phi) is 4.82. The van der Waals surface area contributed by atoms with Gasteiger partial charge in [-0.15, -0.1) is 11.3 Å². The molecule has 1 aliphatic heterocycles. The molecule has 90 valence electrons. The van der Waals surface area contributed by atoms with Crippen LogP contribution in [0.2, 0.25) is 0 Å². The van der Waals surface area contributed by atoms with Crippen LogP contribution in [0.1, 0.15) is 36.1 Å². The first kappa shape index (κ1) is 12.1. The van der Waals surface area contributed by atoms with E-state index >= 15 is 0 Å². The lowest BCUT2D eigenvalue weighted by Gasteiger charge is -2.09. The van der Waals surface area contributed by atoms with Crippen molar-refractivity contribution < 1.29 is 4.74 Å². The van der Waals surface area contributed by atoms with Crippen LogP contribution >= 0.6 is 11.3 Å². The number of hydrogen-bond acceptors (Lipinski definition) is 3. The average Bonchev–Trinajstić information content (AvgIpc) is 2.90. The Morgan fingerprint density at radius 2 is 2.50 bits per heavy atom. The lowest BCUT2D eigenvalue weighted by molar-refractivity contribution is 0.102. The molecular weight excluding hydrogens is 218 g/mol. The summed E-state index contributed by atoms with van der Waals surface area (Å²) >= 11 is 1.85. The van der Waals surface area contributed by atoms with Crippen LogP contribution < -0.4 is 5.32 Å². The zero-order chi connectivity index (χ0) is 11.2. The van der Waals surface area contributed by atoms with E-state index in [0.29, 0.717) is 6.10 Å². The molecule has 1 saturated heterocycles. The first-order valence-electron chi connectivity index (χ1n) is 6.21. The van der Waals surface area contributed by atoms with Crippen molar-refractivity contribution in [2.24, 2.45) is 0 Å². The number of thiophene rings is 1. The molecule has 0 aromatic carbocycles. The van der Waals surface area contributed by atoms with Crippen molar-refractivity contribution in [3.05, 3.63) is 21.9 Å². The summed E-state index contributed by atoms with van der Waals surface area (Å²) in [5.41, 5.74) is 1.41. The summed E-state index contributed by atoms with van der Waals surface area (Å²) in [6, 6.07) is 2.19. The van der Waals surface area contributed by atoms with Gasteiger partial charge in [-0.1, -0.05) is 0 Å². The maximum absolute atomic E-state index is 5.60. The fourth-order valence-electron chi connectivity index (χ4n) is 2.11. The van der Waals surface area contributed by atoms with E-state index in [1.807, 2.05) is 11.3 Å². The van der Waals surface area contributed by atoms with Gasteiger partial charge in [-0.25, -0.2) is 0 Å². The average molecular weight is 239 g/mol. The Bertz CT molecular complexity index is 305. The lowest BCUT2D eigenvalue weighted by atomic mass is 10.1. The molecule has 1 unspecified atom stereocenters. The minimum Gasteiger partial charge on any atom is -0.378 e. The molecule has 1 aromatic rings. The highest BCUT2D eigenvalue weighted by atomic mass is 32.1. The Hall–Kier alpha value is -0.380. The molecule has 1 aliphatic rings. The zero-order valence-electron chi connectivity index (χ0n) is 10.00. The topological polar surface area (TPSA) is 21.3 Å². The number of hydrogen-bond donors (Lipinski definition) is 1. The number of nitrogens with one attached hydrogen (secondary N) is 1. The maximum Gasteiger partial charge on any atom is 0.0576 e. The molecule has 0 bridgehead atoms. The summed E-state index contributed by atoms with van der Waals surface area (Å²) in [6.07, 6.45) is 5.52. The minimum atomic E-state index is 0.547. The molecule has 0 aliphatic carbocycles. The first-order valence-corrected chi connectivity index (χ1v) is 7.09. The van der Waals surface area contributed by atoms with Crippen molar-refractivity contribution in [2.75, 3.05) is 13.2 Å². The van der Waals surface area contributed by atoms with Gasteiger partial charge in [0.1, 0.15) is 0 Å². The van der Waals surface area contributed by atoms with Gasteiger partial charge in [0.05, 0.1) is 6.10 Å². The fourth-order valence-corrected chi connectivity index (χ4v) is 2.99. The molecule has 1 aromatic heterocycles. The van der Waals surface area contributed by atoms with Crippen molar-refractivity contribution in [1.29, 1.82) is 0 Å². The summed E-state index contributed by atoms with van der Waals surface area (Å²) in [5, 5.41) is 5.67. The van der Waals surface area contributed by atoms with Gasteiger partial charge in [0, 0.05) is 18.0 Å². The van der Waals surface area contributed by atoms with Gasteiger partial charge in [-0.3, -0.25) is 0 Å². The predicted molar refractivity (Wildman–Crippen MR) is 69.0 cm³/mol. The molecule has 0 saturated carbocycles. The third-order valence-corrected chi connectivity index (χ3v) is 4.18. The van der Waals surface area contributed by atoms with E-state index in [2.05, 4.69) is 23.7 Å². The molecule has 2 rings (SSSR count). The van der Waals surface area contributed by atoms with Crippen LogP contribution in [0.5, 0.6) is 0 Å². The van der Waals surface area contributed by atoms with Gasteiger partial charge in [-0.2, -0.15) is 0 Å². The van der Waals surface area contributed by atoms with Crippen molar-refractivity contribution >= 4 is 11.3 Å². The molecule has 1 atom stereocenters. The van der Waals surface area contributed by atoms with Crippen LogP contribution in [0, 0.1) is 6.92 Å². The van der Waals surface area contributed by atoms with Crippen LogP contribution in [-0.4, -0.2) is 19.3 Å². The van der Waals surface area contributed by atoms with Crippen molar-refractivity contribution in [1.82, 2.24) is 5.32 Å². The summed E-state index contributed by atoms with van der Waals surface area (Å²) in [5.74, 6) is 0. The van der Waals surface area contributed by atoms with Crippen LogP contribution in [0.4, 0.5) is 0 Å². The van der Waals surface area contributed by atoms with Crippen LogP contribution in [0.3, 0.4) is 0 Å². The predicted octanol–water partition coefficient (Wildman–Crippen LogP) is 3.11. The quantitative estimate of drug-likeness (QED) is 0.770. The van der Waals surface area contributed by atoms with Gasteiger partial charge in [-0.05, 0) is 56.2 Å².